The highest BCUT2D eigenvalue weighted by atomic mass is 35.5. The van der Waals surface area contributed by atoms with Gasteiger partial charge in [-0.1, -0.05) is 61.0 Å². The zero-order valence-corrected chi connectivity index (χ0v) is 11.6. The van der Waals surface area contributed by atoms with Crippen molar-refractivity contribution in [2.75, 3.05) is 0 Å². The van der Waals surface area contributed by atoms with Crippen LogP contribution in [0.15, 0.2) is 48.5 Å². The van der Waals surface area contributed by atoms with Gasteiger partial charge in [-0.15, -0.1) is 0 Å². The largest absolute Gasteiger partial charge is 0.321 e. The van der Waals surface area contributed by atoms with Crippen LogP contribution >= 0.6 is 11.6 Å². The first kappa shape index (κ1) is 14.0. The summed E-state index contributed by atoms with van der Waals surface area (Å²) in [6.45, 7) is 2.03. The zero-order chi connectivity index (χ0) is 13.9. The molecule has 19 heavy (non-hydrogen) atoms. The fraction of sp³-hybridized carbons (Fsp3) is 0.250. The zero-order valence-electron chi connectivity index (χ0n) is 10.9. The first-order chi connectivity index (χ1) is 9.07. The highest BCUT2D eigenvalue weighted by Gasteiger charge is 2.26. The monoisotopic (exact) mass is 277 g/mol. The average Bonchev–Trinajstić information content (AvgIpc) is 2.45. The van der Waals surface area contributed by atoms with Gasteiger partial charge in [-0.2, -0.15) is 0 Å². The van der Waals surface area contributed by atoms with Gasteiger partial charge in [-0.3, -0.25) is 0 Å². The molecule has 0 bridgehead atoms. The molecule has 2 aromatic rings. The number of benzene rings is 2. The van der Waals surface area contributed by atoms with Gasteiger partial charge in [0.15, 0.2) is 0 Å². The van der Waals surface area contributed by atoms with E-state index >= 15 is 0 Å². The summed E-state index contributed by atoms with van der Waals surface area (Å²) < 4.78 is 13.5. The van der Waals surface area contributed by atoms with Gasteiger partial charge in [0.05, 0.1) is 5.02 Å². The van der Waals surface area contributed by atoms with E-state index in [-0.39, 0.29) is 5.02 Å². The smallest absolute Gasteiger partial charge is 0.142 e. The second-order valence-electron chi connectivity index (χ2n) is 4.77. The van der Waals surface area contributed by atoms with E-state index in [2.05, 4.69) is 0 Å². The maximum absolute atomic E-state index is 13.5. The van der Waals surface area contributed by atoms with Crippen molar-refractivity contribution in [3.8, 4) is 0 Å². The molecule has 0 aliphatic carbocycles. The van der Waals surface area contributed by atoms with E-state index in [4.69, 9.17) is 17.3 Å². The molecule has 0 aliphatic heterocycles. The summed E-state index contributed by atoms with van der Waals surface area (Å²) in [5.74, 6) is -0.398. The minimum Gasteiger partial charge on any atom is -0.321 e. The third-order valence-electron chi connectivity index (χ3n) is 3.52. The van der Waals surface area contributed by atoms with Gasteiger partial charge in [0.2, 0.25) is 0 Å². The van der Waals surface area contributed by atoms with Crippen LogP contribution in [-0.4, -0.2) is 0 Å². The van der Waals surface area contributed by atoms with Gasteiger partial charge < -0.3 is 5.73 Å². The Kier molecular flexibility index (Phi) is 4.23. The topological polar surface area (TPSA) is 26.0 Å². The van der Waals surface area contributed by atoms with E-state index in [1.165, 1.54) is 6.07 Å². The van der Waals surface area contributed by atoms with Crippen LogP contribution in [-0.2, 0) is 12.0 Å². The van der Waals surface area contributed by atoms with Gasteiger partial charge in [0.25, 0.3) is 0 Å². The molecule has 0 aromatic heterocycles. The van der Waals surface area contributed by atoms with Crippen molar-refractivity contribution >= 4 is 11.6 Å². The molecule has 3 heteroatoms. The van der Waals surface area contributed by atoms with Crippen LogP contribution in [0.4, 0.5) is 4.39 Å². The van der Waals surface area contributed by atoms with Crippen LogP contribution in [0, 0.1) is 5.82 Å². The number of hydrogen-bond donors (Lipinski definition) is 1. The molecule has 2 aromatic carbocycles. The molecule has 2 rings (SSSR count). The number of nitrogens with two attached hydrogens (primary N) is 1. The predicted octanol–water partition coefficient (Wildman–Crippen LogP) is 4.29. The quantitative estimate of drug-likeness (QED) is 0.887. The molecule has 0 saturated carbocycles. The van der Waals surface area contributed by atoms with Crippen LogP contribution in [0.25, 0.3) is 0 Å². The maximum atomic E-state index is 13.5. The van der Waals surface area contributed by atoms with Crippen LogP contribution in [0.5, 0.6) is 0 Å². The van der Waals surface area contributed by atoms with E-state index in [1.54, 1.807) is 6.07 Å². The van der Waals surface area contributed by atoms with Gasteiger partial charge >= 0.3 is 0 Å². The van der Waals surface area contributed by atoms with Gasteiger partial charge in [0.1, 0.15) is 5.82 Å². The van der Waals surface area contributed by atoms with Crippen molar-refractivity contribution in [1.29, 1.82) is 0 Å². The molecule has 0 heterocycles. The molecule has 1 atom stereocenters. The van der Waals surface area contributed by atoms with Crippen molar-refractivity contribution < 1.29 is 4.39 Å². The molecule has 100 valence electrons. The molecular weight excluding hydrogens is 261 g/mol. The van der Waals surface area contributed by atoms with Crippen LogP contribution in [0.3, 0.4) is 0 Å². The maximum Gasteiger partial charge on any atom is 0.142 e. The molecule has 0 spiro atoms. The standard InChI is InChI=1S/C16H17ClFN/c1-2-16(19,13-8-4-3-5-9-13)11-12-7-6-10-14(18)15(12)17/h3-10H,2,11,19H2,1H3. The Hall–Kier alpha value is -1.38. The van der Waals surface area contributed by atoms with E-state index in [0.717, 1.165) is 17.5 Å². The average molecular weight is 278 g/mol. The van der Waals surface area contributed by atoms with Crippen LogP contribution < -0.4 is 5.73 Å². The van der Waals surface area contributed by atoms with Gasteiger partial charge in [-0.25, -0.2) is 4.39 Å². The van der Waals surface area contributed by atoms with E-state index < -0.39 is 11.4 Å². The molecule has 1 nitrogen and oxygen atoms in total. The van der Waals surface area contributed by atoms with E-state index in [1.807, 2.05) is 43.3 Å². The summed E-state index contributed by atoms with van der Waals surface area (Å²) >= 11 is 6.01. The minimum absolute atomic E-state index is 0.168. The van der Waals surface area contributed by atoms with E-state index in [9.17, 15) is 4.39 Å². The fourth-order valence-corrected chi connectivity index (χ4v) is 2.42. The molecule has 0 saturated heterocycles. The second kappa shape index (κ2) is 5.72. The highest BCUT2D eigenvalue weighted by Crippen LogP contribution is 2.30. The molecule has 2 N–H and O–H groups in total. The third-order valence-corrected chi connectivity index (χ3v) is 3.94. The Morgan fingerprint density at radius 2 is 1.79 bits per heavy atom. The SMILES string of the molecule is CCC(N)(Cc1cccc(F)c1Cl)c1ccccc1. The Bertz CT molecular complexity index is 556. The molecule has 0 aliphatic rings. The molecule has 0 amide bonds. The normalized spacial score (nSPS) is 14.1. The Morgan fingerprint density at radius 3 is 2.42 bits per heavy atom. The summed E-state index contributed by atoms with van der Waals surface area (Å²) in [6.07, 6.45) is 1.27. The molecular formula is C16H17ClFN. The summed E-state index contributed by atoms with van der Waals surface area (Å²) in [5.41, 5.74) is 7.74. The van der Waals surface area contributed by atoms with Gasteiger partial charge in [-0.05, 0) is 30.0 Å². The molecule has 1 unspecified atom stereocenters. The number of halogens is 2. The summed E-state index contributed by atoms with van der Waals surface area (Å²) in [4.78, 5) is 0. The van der Waals surface area contributed by atoms with Crippen molar-refractivity contribution in [2.24, 2.45) is 5.73 Å². The first-order valence-electron chi connectivity index (χ1n) is 6.34. The Labute approximate surface area is 118 Å². The van der Waals surface area contributed by atoms with Crippen LogP contribution in [0.2, 0.25) is 5.02 Å². The molecule has 0 fully saturated rings. The van der Waals surface area contributed by atoms with Crippen molar-refractivity contribution in [1.82, 2.24) is 0 Å². The van der Waals surface area contributed by atoms with Crippen molar-refractivity contribution in [3.05, 3.63) is 70.5 Å². The van der Waals surface area contributed by atoms with Crippen molar-refractivity contribution in [2.45, 2.75) is 25.3 Å². The Morgan fingerprint density at radius 1 is 1.11 bits per heavy atom. The predicted molar refractivity (Wildman–Crippen MR) is 77.7 cm³/mol. The lowest BCUT2D eigenvalue weighted by atomic mass is 9.82. The fourth-order valence-electron chi connectivity index (χ4n) is 2.23. The first-order valence-corrected chi connectivity index (χ1v) is 6.72. The number of hydrogen-bond acceptors (Lipinski definition) is 1. The summed E-state index contributed by atoms with van der Waals surface area (Å²) in [6, 6.07) is 14.7. The lowest BCUT2D eigenvalue weighted by molar-refractivity contribution is 0.424. The Balaban J connectivity index is 2.36. The third kappa shape index (κ3) is 2.96. The van der Waals surface area contributed by atoms with Crippen LogP contribution in [0.1, 0.15) is 24.5 Å². The van der Waals surface area contributed by atoms with Gasteiger partial charge in [0, 0.05) is 5.54 Å². The summed E-state index contributed by atoms with van der Waals surface area (Å²) in [5, 5.41) is 0.168. The van der Waals surface area contributed by atoms with Crippen molar-refractivity contribution in [3.63, 3.8) is 0 Å². The van der Waals surface area contributed by atoms with E-state index in [0.29, 0.717) is 6.42 Å². The lowest BCUT2D eigenvalue weighted by Crippen LogP contribution is -2.38. The number of rotatable bonds is 4. The molecule has 0 radical (unpaired) electrons. The summed E-state index contributed by atoms with van der Waals surface area (Å²) in [7, 11) is 0. The minimum atomic E-state index is -0.529. The highest BCUT2D eigenvalue weighted by molar-refractivity contribution is 6.31. The second-order valence-corrected chi connectivity index (χ2v) is 5.14. The lowest BCUT2D eigenvalue weighted by Gasteiger charge is -2.29.